The van der Waals surface area contributed by atoms with Gasteiger partial charge in [0.25, 0.3) is 0 Å². The average molecular weight is 290 g/mol. The second-order valence-corrected chi connectivity index (χ2v) is 3.89. The van der Waals surface area contributed by atoms with E-state index in [1.807, 2.05) is 12.1 Å². The van der Waals surface area contributed by atoms with Crippen LogP contribution in [0.1, 0.15) is 0 Å². The zero-order chi connectivity index (χ0) is 10.8. The predicted molar refractivity (Wildman–Crippen MR) is 59.0 cm³/mol. The van der Waals surface area contributed by atoms with E-state index in [0.717, 1.165) is 15.8 Å². The Labute approximate surface area is 99.3 Å². The Morgan fingerprint density at radius 3 is 2.73 bits per heavy atom. The van der Waals surface area contributed by atoms with Crippen LogP contribution in [0, 0.1) is 0 Å². The van der Waals surface area contributed by atoms with Gasteiger partial charge in [-0.25, -0.2) is 0 Å². The molecular weight excluding hydrogens is 283 g/mol. The fraction of sp³-hybridized carbons (Fsp3) is 0.111. The summed E-state index contributed by atoms with van der Waals surface area (Å²) in [5.41, 5.74) is 0.780. The molecule has 0 amide bonds. The van der Waals surface area contributed by atoms with E-state index >= 15 is 0 Å². The molecule has 0 fully saturated rings. The summed E-state index contributed by atoms with van der Waals surface area (Å²) in [6, 6.07) is 5.44. The van der Waals surface area contributed by atoms with Gasteiger partial charge in [-0.1, -0.05) is 5.10 Å². The van der Waals surface area contributed by atoms with Gasteiger partial charge in [0.05, 0.1) is 11.6 Å². The molecule has 0 aliphatic carbocycles. The number of hydrogen-bond donors (Lipinski definition) is 0. The van der Waals surface area contributed by atoms with E-state index in [9.17, 15) is 0 Å². The normalized spacial score (nSPS) is 10.3. The fourth-order valence-corrected chi connectivity index (χ4v) is 1.77. The molecule has 78 valence electrons. The monoisotopic (exact) mass is 288 g/mol. The molecule has 0 unspecified atom stereocenters. The summed E-state index contributed by atoms with van der Waals surface area (Å²) in [6.45, 7) is 0. The largest absolute Gasteiger partial charge is 0.496 e. The second kappa shape index (κ2) is 4.20. The summed E-state index contributed by atoms with van der Waals surface area (Å²) in [7, 11) is 1.60. The highest BCUT2D eigenvalue weighted by Gasteiger charge is 2.09. The van der Waals surface area contributed by atoms with Crippen LogP contribution >= 0.6 is 27.5 Å². The van der Waals surface area contributed by atoms with Gasteiger partial charge >= 0.3 is 5.35 Å². The van der Waals surface area contributed by atoms with Crippen LogP contribution in [0.4, 0.5) is 0 Å². The van der Waals surface area contributed by atoms with Crippen LogP contribution in [0.3, 0.4) is 0 Å². The van der Waals surface area contributed by atoms with E-state index in [2.05, 4.69) is 26.1 Å². The highest BCUT2D eigenvalue weighted by molar-refractivity contribution is 9.10. The summed E-state index contributed by atoms with van der Waals surface area (Å²) in [6.07, 6.45) is 0. The molecule has 0 spiro atoms. The number of nitrogens with zero attached hydrogens (tertiary/aromatic N) is 2. The third kappa shape index (κ3) is 2.13. The molecule has 2 aromatic rings. The lowest BCUT2D eigenvalue weighted by molar-refractivity contribution is 0.412. The van der Waals surface area contributed by atoms with Crippen LogP contribution in [0.25, 0.3) is 11.5 Å². The molecule has 0 saturated heterocycles. The Morgan fingerprint density at radius 1 is 1.40 bits per heavy atom. The van der Waals surface area contributed by atoms with Gasteiger partial charge in [0, 0.05) is 5.56 Å². The van der Waals surface area contributed by atoms with Crippen LogP contribution in [0.15, 0.2) is 27.1 Å². The van der Waals surface area contributed by atoms with Crippen molar-refractivity contribution in [3.05, 3.63) is 28.0 Å². The van der Waals surface area contributed by atoms with Crippen LogP contribution < -0.4 is 4.74 Å². The number of ether oxygens (including phenoxy) is 1. The maximum absolute atomic E-state index is 5.53. The standard InChI is InChI=1S/C9H6BrClN2O2/c1-14-7-3-2-5(4-6(7)10)8-12-13-9(11)15-8/h2-4H,1H3. The van der Waals surface area contributed by atoms with Gasteiger partial charge in [-0.2, -0.15) is 0 Å². The van der Waals surface area contributed by atoms with Crippen molar-refractivity contribution in [3.8, 4) is 17.2 Å². The molecule has 0 atom stereocenters. The minimum atomic E-state index is 0.0249. The first-order valence-corrected chi connectivity index (χ1v) is 5.20. The van der Waals surface area contributed by atoms with Crippen molar-refractivity contribution < 1.29 is 9.15 Å². The smallest absolute Gasteiger partial charge is 0.313 e. The zero-order valence-electron chi connectivity index (χ0n) is 7.70. The summed E-state index contributed by atoms with van der Waals surface area (Å²) < 4.78 is 11.0. The van der Waals surface area contributed by atoms with Crippen LogP contribution in [-0.2, 0) is 0 Å². The molecule has 4 nitrogen and oxygen atoms in total. The fourth-order valence-electron chi connectivity index (χ4n) is 1.12. The van der Waals surface area contributed by atoms with E-state index in [4.69, 9.17) is 20.8 Å². The number of aromatic nitrogens is 2. The van der Waals surface area contributed by atoms with Crippen molar-refractivity contribution in [3.63, 3.8) is 0 Å². The first-order valence-electron chi connectivity index (χ1n) is 4.03. The van der Waals surface area contributed by atoms with Gasteiger partial charge in [-0.05, 0) is 45.7 Å². The minimum absolute atomic E-state index is 0.0249. The van der Waals surface area contributed by atoms with Crippen LogP contribution in [0.5, 0.6) is 5.75 Å². The molecule has 15 heavy (non-hydrogen) atoms. The SMILES string of the molecule is COc1ccc(-c2nnc(Cl)o2)cc1Br. The quantitative estimate of drug-likeness (QED) is 0.852. The zero-order valence-corrected chi connectivity index (χ0v) is 10.0. The van der Waals surface area contributed by atoms with E-state index in [0.29, 0.717) is 5.89 Å². The number of methoxy groups -OCH3 is 1. The van der Waals surface area contributed by atoms with E-state index < -0.39 is 0 Å². The first kappa shape index (κ1) is 10.4. The summed E-state index contributed by atoms with van der Waals surface area (Å²) in [5.74, 6) is 1.12. The molecule has 1 aromatic carbocycles. The molecule has 0 saturated carbocycles. The molecule has 0 aliphatic rings. The maximum atomic E-state index is 5.53. The van der Waals surface area contributed by atoms with Gasteiger partial charge in [0.15, 0.2) is 0 Å². The third-order valence-corrected chi connectivity index (χ3v) is 2.57. The highest BCUT2D eigenvalue weighted by atomic mass is 79.9. The number of benzene rings is 1. The van der Waals surface area contributed by atoms with Crippen molar-refractivity contribution in [2.75, 3.05) is 7.11 Å². The van der Waals surface area contributed by atoms with Crippen molar-refractivity contribution in [2.24, 2.45) is 0 Å². The molecule has 1 aromatic heterocycles. The van der Waals surface area contributed by atoms with Gasteiger partial charge in [0.1, 0.15) is 5.75 Å². The molecule has 0 aliphatic heterocycles. The summed E-state index contributed by atoms with van der Waals surface area (Å²) in [4.78, 5) is 0. The summed E-state index contributed by atoms with van der Waals surface area (Å²) >= 11 is 8.90. The Hall–Kier alpha value is -1.07. The van der Waals surface area contributed by atoms with Crippen molar-refractivity contribution in [1.82, 2.24) is 10.2 Å². The predicted octanol–water partition coefficient (Wildman–Crippen LogP) is 3.16. The molecule has 0 radical (unpaired) electrons. The Kier molecular flexibility index (Phi) is 2.93. The molecule has 2 rings (SSSR count). The van der Waals surface area contributed by atoms with Gasteiger partial charge in [0.2, 0.25) is 5.89 Å². The Morgan fingerprint density at radius 2 is 2.20 bits per heavy atom. The number of hydrogen-bond acceptors (Lipinski definition) is 4. The Bertz CT molecular complexity index is 487. The first-order chi connectivity index (χ1) is 7.20. The number of rotatable bonds is 2. The molecule has 6 heteroatoms. The van der Waals surface area contributed by atoms with E-state index in [1.165, 1.54) is 0 Å². The molecular formula is C9H6BrClN2O2. The van der Waals surface area contributed by atoms with Gasteiger partial charge in [-0.15, -0.1) is 5.10 Å². The third-order valence-electron chi connectivity index (χ3n) is 1.80. The number of halogens is 2. The Balaban J connectivity index is 2.42. The second-order valence-electron chi connectivity index (χ2n) is 2.71. The van der Waals surface area contributed by atoms with E-state index in [-0.39, 0.29) is 5.35 Å². The molecule has 0 bridgehead atoms. The average Bonchev–Trinajstić information content (AvgIpc) is 2.65. The van der Waals surface area contributed by atoms with E-state index in [1.54, 1.807) is 13.2 Å². The molecule has 1 heterocycles. The lowest BCUT2D eigenvalue weighted by atomic mass is 10.2. The lowest BCUT2D eigenvalue weighted by Crippen LogP contribution is -1.85. The van der Waals surface area contributed by atoms with Crippen LogP contribution in [0.2, 0.25) is 5.35 Å². The van der Waals surface area contributed by atoms with Gasteiger partial charge < -0.3 is 9.15 Å². The van der Waals surface area contributed by atoms with Crippen molar-refractivity contribution in [2.45, 2.75) is 0 Å². The van der Waals surface area contributed by atoms with Gasteiger partial charge in [-0.3, -0.25) is 0 Å². The summed E-state index contributed by atoms with van der Waals surface area (Å²) in [5, 5.41) is 7.36. The lowest BCUT2D eigenvalue weighted by Gasteiger charge is -2.03. The van der Waals surface area contributed by atoms with Crippen molar-refractivity contribution in [1.29, 1.82) is 0 Å². The molecule has 0 N–H and O–H groups in total. The maximum Gasteiger partial charge on any atom is 0.313 e. The van der Waals surface area contributed by atoms with Crippen molar-refractivity contribution >= 4 is 27.5 Å². The topological polar surface area (TPSA) is 48.2 Å². The minimum Gasteiger partial charge on any atom is -0.496 e. The highest BCUT2D eigenvalue weighted by Crippen LogP contribution is 2.30. The van der Waals surface area contributed by atoms with Crippen LogP contribution in [-0.4, -0.2) is 17.3 Å².